The summed E-state index contributed by atoms with van der Waals surface area (Å²) in [6.07, 6.45) is 6.01. The van der Waals surface area contributed by atoms with Gasteiger partial charge in [-0.15, -0.1) is 0 Å². The molecule has 0 bridgehead atoms. The third-order valence-corrected chi connectivity index (χ3v) is 4.62. The molecule has 2 rings (SSSR count). The Kier molecular flexibility index (Phi) is 5.34. The van der Waals surface area contributed by atoms with Gasteiger partial charge in [-0.3, -0.25) is 9.59 Å². The number of allylic oxidation sites excluding steroid dienone is 2. The van der Waals surface area contributed by atoms with E-state index in [9.17, 15) is 14.7 Å². The molecule has 1 aromatic rings. The van der Waals surface area contributed by atoms with Crippen molar-refractivity contribution in [2.24, 2.45) is 0 Å². The molecule has 0 aliphatic heterocycles. The second kappa shape index (κ2) is 7.03. The van der Waals surface area contributed by atoms with E-state index >= 15 is 0 Å². The molecule has 0 saturated carbocycles. The first-order valence-electron chi connectivity index (χ1n) is 7.38. The predicted octanol–water partition coefficient (Wildman–Crippen LogP) is 4.78. The first-order valence-corrected chi connectivity index (χ1v) is 8.17. The molecular formula is C17H19BrO3. The van der Waals surface area contributed by atoms with Crippen molar-refractivity contribution in [2.45, 2.75) is 45.4 Å². The Morgan fingerprint density at radius 3 is 2.48 bits per heavy atom. The smallest absolute Gasteiger partial charge is 0.201 e. The van der Waals surface area contributed by atoms with Crippen LogP contribution in [-0.4, -0.2) is 16.7 Å². The molecule has 1 N–H and O–H groups in total. The van der Waals surface area contributed by atoms with Crippen LogP contribution in [0.1, 0.15) is 66.2 Å². The second-order valence-electron chi connectivity index (χ2n) is 5.31. The van der Waals surface area contributed by atoms with Gasteiger partial charge in [-0.05, 0) is 40.9 Å². The van der Waals surface area contributed by atoms with Gasteiger partial charge in [0.05, 0.1) is 10.0 Å². The summed E-state index contributed by atoms with van der Waals surface area (Å²) in [7, 11) is 0. The zero-order chi connectivity index (χ0) is 15.4. The molecular weight excluding hydrogens is 332 g/mol. The fourth-order valence-corrected chi connectivity index (χ4v) is 3.19. The first kappa shape index (κ1) is 16.0. The maximum atomic E-state index is 12.5. The van der Waals surface area contributed by atoms with Crippen molar-refractivity contribution in [3.8, 4) is 5.75 Å². The summed E-state index contributed by atoms with van der Waals surface area (Å²) in [5.74, 6) is -0.566. The van der Waals surface area contributed by atoms with Gasteiger partial charge >= 0.3 is 0 Å². The largest absolute Gasteiger partial charge is 0.507 e. The summed E-state index contributed by atoms with van der Waals surface area (Å²) in [6.45, 7) is 2.15. The van der Waals surface area contributed by atoms with Crippen LogP contribution >= 0.6 is 15.9 Å². The van der Waals surface area contributed by atoms with Crippen molar-refractivity contribution in [1.82, 2.24) is 0 Å². The van der Waals surface area contributed by atoms with E-state index < -0.39 is 0 Å². The molecule has 1 aliphatic carbocycles. The minimum absolute atomic E-state index is 0.116. The summed E-state index contributed by atoms with van der Waals surface area (Å²) < 4.78 is 0.348. The molecule has 0 spiro atoms. The first-order chi connectivity index (χ1) is 10.1. The van der Waals surface area contributed by atoms with Gasteiger partial charge in [-0.2, -0.15) is 0 Å². The molecule has 0 saturated heterocycles. The normalized spacial score (nSPS) is 14.6. The van der Waals surface area contributed by atoms with Crippen LogP contribution in [0.15, 0.2) is 28.3 Å². The number of unbranched alkanes of at least 4 members (excludes halogenated alkanes) is 4. The summed E-state index contributed by atoms with van der Waals surface area (Å²) in [5.41, 5.74) is 0.918. The van der Waals surface area contributed by atoms with Crippen molar-refractivity contribution < 1.29 is 14.7 Å². The molecule has 21 heavy (non-hydrogen) atoms. The molecule has 0 radical (unpaired) electrons. The van der Waals surface area contributed by atoms with Crippen molar-refractivity contribution >= 4 is 27.5 Å². The number of ketones is 2. The van der Waals surface area contributed by atoms with Gasteiger partial charge in [0.15, 0.2) is 5.78 Å². The second-order valence-corrected chi connectivity index (χ2v) is 6.11. The van der Waals surface area contributed by atoms with Gasteiger partial charge in [0, 0.05) is 11.1 Å². The summed E-state index contributed by atoms with van der Waals surface area (Å²) in [4.78, 5) is 24.8. The SMILES string of the molecule is CCCCCCCC1=C(Br)C(=O)c2cccc(O)c2C1=O. The van der Waals surface area contributed by atoms with Crippen LogP contribution in [0.4, 0.5) is 0 Å². The lowest BCUT2D eigenvalue weighted by atomic mass is 9.86. The molecule has 0 aromatic heterocycles. The summed E-state index contributed by atoms with van der Waals surface area (Å²) in [5, 5.41) is 9.88. The Labute approximate surface area is 133 Å². The quantitative estimate of drug-likeness (QED) is 0.751. The number of aromatic hydroxyl groups is 1. The van der Waals surface area contributed by atoms with E-state index in [4.69, 9.17) is 0 Å². The third kappa shape index (κ3) is 3.26. The van der Waals surface area contributed by atoms with E-state index in [0.29, 0.717) is 16.5 Å². The lowest BCUT2D eigenvalue weighted by Gasteiger charge is -2.18. The van der Waals surface area contributed by atoms with Gasteiger partial charge in [-0.25, -0.2) is 0 Å². The highest BCUT2D eigenvalue weighted by molar-refractivity contribution is 9.12. The summed E-state index contributed by atoms with van der Waals surface area (Å²) >= 11 is 3.27. The zero-order valence-corrected chi connectivity index (χ0v) is 13.7. The van der Waals surface area contributed by atoms with Crippen molar-refractivity contribution in [3.63, 3.8) is 0 Å². The molecule has 112 valence electrons. The van der Waals surface area contributed by atoms with Gasteiger partial charge in [0.2, 0.25) is 5.78 Å². The number of hydrogen-bond donors (Lipinski definition) is 1. The Balaban J connectivity index is 2.19. The van der Waals surface area contributed by atoms with Crippen molar-refractivity contribution in [1.29, 1.82) is 0 Å². The highest BCUT2D eigenvalue weighted by Crippen LogP contribution is 2.36. The Morgan fingerprint density at radius 2 is 1.76 bits per heavy atom. The summed E-state index contributed by atoms with van der Waals surface area (Å²) in [6, 6.07) is 4.60. The Hall–Kier alpha value is -1.42. The fraction of sp³-hybridized carbons (Fsp3) is 0.412. The number of hydrogen-bond acceptors (Lipinski definition) is 3. The van der Waals surface area contributed by atoms with Crippen molar-refractivity contribution in [2.75, 3.05) is 0 Å². The maximum absolute atomic E-state index is 12.5. The van der Waals surface area contributed by atoms with Gasteiger partial charge in [0.25, 0.3) is 0 Å². The molecule has 3 nitrogen and oxygen atoms in total. The molecule has 0 heterocycles. The predicted molar refractivity (Wildman–Crippen MR) is 86.1 cm³/mol. The van der Waals surface area contributed by atoms with Crippen LogP contribution in [0.5, 0.6) is 5.75 Å². The number of benzene rings is 1. The van der Waals surface area contributed by atoms with E-state index in [1.54, 1.807) is 12.1 Å². The van der Waals surface area contributed by atoms with E-state index in [1.165, 1.54) is 18.9 Å². The average molecular weight is 351 g/mol. The van der Waals surface area contributed by atoms with E-state index in [2.05, 4.69) is 22.9 Å². The average Bonchev–Trinajstić information content (AvgIpc) is 2.47. The minimum atomic E-state index is -0.231. The van der Waals surface area contributed by atoms with Gasteiger partial charge in [0.1, 0.15) is 5.75 Å². The third-order valence-electron chi connectivity index (χ3n) is 3.78. The minimum Gasteiger partial charge on any atom is -0.507 e. The molecule has 4 heteroatoms. The Bertz CT molecular complexity index is 602. The lowest BCUT2D eigenvalue weighted by Crippen LogP contribution is -2.20. The van der Waals surface area contributed by atoms with E-state index in [0.717, 1.165) is 19.3 Å². The number of fused-ring (bicyclic) bond motifs is 1. The molecule has 1 aromatic carbocycles. The highest BCUT2D eigenvalue weighted by Gasteiger charge is 2.32. The lowest BCUT2D eigenvalue weighted by molar-refractivity contribution is 0.0976. The molecule has 0 atom stereocenters. The number of carbonyl (C=O) groups is 2. The van der Waals surface area contributed by atoms with Crippen LogP contribution in [0.2, 0.25) is 0 Å². The Morgan fingerprint density at radius 1 is 1.05 bits per heavy atom. The molecule has 0 amide bonds. The number of phenolic OH excluding ortho intramolecular Hbond substituents is 1. The highest BCUT2D eigenvalue weighted by atomic mass is 79.9. The molecule has 0 fully saturated rings. The van der Waals surface area contributed by atoms with E-state index in [-0.39, 0.29) is 28.4 Å². The zero-order valence-electron chi connectivity index (χ0n) is 12.1. The number of carbonyl (C=O) groups excluding carboxylic acids is 2. The topological polar surface area (TPSA) is 54.4 Å². The maximum Gasteiger partial charge on any atom is 0.201 e. The fourth-order valence-electron chi connectivity index (χ4n) is 2.60. The van der Waals surface area contributed by atoms with Crippen LogP contribution in [0.25, 0.3) is 0 Å². The molecule has 0 unspecified atom stereocenters. The number of phenols is 1. The van der Waals surface area contributed by atoms with E-state index in [1.807, 2.05) is 0 Å². The van der Waals surface area contributed by atoms with Crippen molar-refractivity contribution in [3.05, 3.63) is 39.4 Å². The standard InChI is InChI=1S/C17H19BrO3/c1-2-3-4-5-6-8-12-15(18)17(21)11-9-7-10-13(19)14(11)16(12)20/h7,9-10,19H,2-6,8H2,1H3. The van der Waals surface area contributed by atoms with Crippen LogP contribution in [-0.2, 0) is 0 Å². The van der Waals surface area contributed by atoms with Gasteiger partial charge < -0.3 is 5.11 Å². The number of rotatable bonds is 6. The van der Waals surface area contributed by atoms with Gasteiger partial charge in [-0.1, -0.05) is 38.7 Å². The molecule has 1 aliphatic rings. The number of Topliss-reactive ketones (excluding diaryl/α,β-unsaturated/α-hetero) is 2. The van der Waals surface area contributed by atoms with Crippen LogP contribution in [0.3, 0.4) is 0 Å². The van der Waals surface area contributed by atoms with Crippen LogP contribution < -0.4 is 0 Å². The number of halogens is 1. The monoisotopic (exact) mass is 350 g/mol. The van der Waals surface area contributed by atoms with Crippen LogP contribution in [0, 0.1) is 0 Å².